The molecule has 0 bridgehead atoms. The zero-order valence-corrected chi connectivity index (χ0v) is 14.6. The molecule has 0 aliphatic carbocycles. The summed E-state index contributed by atoms with van der Waals surface area (Å²) in [4.78, 5) is 22.3. The Labute approximate surface area is 134 Å². The van der Waals surface area contributed by atoms with Gasteiger partial charge in [-0.15, -0.1) is 0 Å². The third-order valence-corrected chi connectivity index (χ3v) is 3.99. The van der Waals surface area contributed by atoms with Gasteiger partial charge in [-0.1, -0.05) is 59.8 Å². The highest BCUT2D eigenvalue weighted by Crippen LogP contribution is 2.33. The molecule has 0 aromatic rings. The van der Waals surface area contributed by atoms with Crippen molar-refractivity contribution in [3.8, 4) is 0 Å². The van der Waals surface area contributed by atoms with Crippen LogP contribution in [-0.2, 0) is 14.3 Å². The average molecular weight is 312 g/mol. The molecule has 0 aliphatic rings. The van der Waals surface area contributed by atoms with Crippen molar-refractivity contribution in [2.24, 2.45) is 5.41 Å². The predicted octanol–water partition coefficient (Wildman–Crippen LogP) is 4.73. The summed E-state index contributed by atoms with van der Waals surface area (Å²) in [6.45, 7) is 8.57. The molecule has 0 fully saturated rings. The van der Waals surface area contributed by atoms with Crippen molar-refractivity contribution < 1.29 is 19.4 Å². The highest BCUT2D eigenvalue weighted by atomic mass is 16.5. The van der Waals surface area contributed by atoms with Crippen LogP contribution in [0.1, 0.15) is 79.1 Å². The molecule has 0 aromatic carbocycles. The number of hydrogen-bond donors (Lipinski definition) is 1. The summed E-state index contributed by atoms with van der Waals surface area (Å²) in [5.41, 5.74) is -0.0883. The van der Waals surface area contributed by atoms with Crippen molar-refractivity contribution in [2.75, 3.05) is 0 Å². The van der Waals surface area contributed by atoms with Crippen molar-refractivity contribution in [2.45, 2.75) is 85.2 Å². The van der Waals surface area contributed by atoms with Crippen molar-refractivity contribution in [1.29, 1.82) is 0 Å². The van der Waals surface area contributed by atoms with Gasteiger partial charge in [-0.05, 0) is 19.3 Å². The van der Waals surface area contributed by atoms with Gasteiger partial charge in [-0.3, -0.25) is 0 Å². The number of esters is 1. The van der Waals surface area contributed by atoms with Crippen molar-refractivity contribution in [3.63, 3.8) is 0 Å². The van der Waals surface area contributed by atoms with Gasteiger partial charge in [-0.2, -0.15) is 0 Å². The summed E-state index contributed by atoms with van der Waals surface area (Å²) in [6.07, 6.45) is 10.2. The lowest BCUT2D eigenvalue weighted by atomic mass is 9.79. The molecular weight excluding hydrogens is 280 g/mol. The number of carboxylic acids is 1. The van der Waals surface area contributed by atoms with Gasteiger partial charge in [0.05, 0.1) is 0 Å². The van der Waals surface area contributed by atoms with Gasteiger partial charge in [0.2, 0.25) is 0 Å². The third-order valence-electron chi connectivity index (χ3n) is 3.99. The van der Waals surface area contributed by atoms with Crippen LogP contribution in [-0.4, -0.2) is 23.1 Å². The minimum Gasteiger partial charge on any atom is -0.478 e. The molecule has 22 heavy (non-hydrogen) atoms. The molecule has 4 nitrogen and oxygen atoms in total. The van der Waals surface area contributed by atoms with Gasteiger partial charge in [0.1, 0.15) is 6.10 Å². The highest BCUT2D eigenvalue weighted by Gasteiger charge is 2.31. The van der Waals surface area contributed by atoms with E-state index in [-0.39, 0.29) is 11.5 Å². The van der Waals surface area contributed by atoms with Gasteiger partial charge in [-0.25, -0.2) is 9.59 Å². The van der Waals surface area contributed by atoms with E-state index < -0.39 is 11.9 Å². The lowest BCUT2D eigenvalue weighted by molar-refractivity contribution is -0.150. The summed E-state index contributed by atoms with van der Waals surface area (Å²) < 4.78 is 5.55. The lowest BCUT2D eigenvalue weighted by Crippen LogP contribution is -2.33. The van der Waals surface area contributed by atoms with Crippen LogP contribution in [0.25, 0.3) is 0 Å². The number of carbonyl (C=O) groups excluding carboxylic acids is 1. The standard InChI is InChI=1S/C18H32O4/c1-5-7-9-10-11-15(18(3,4)14-8-6-2)22-17(21)13-12-16(19)20/h12-13,15H,5-11,14H2,1-4H3,(H,19,20)/b13-12-. The summed E-state index contributed by atoms with van der Waals surface area (Å²) >= 11 is 0. The molecule has 0 spiro atoms. The second kappa shape index (κ2) is 11.3. The molecular formula is C18H32O4. The number of rotatable bonds is 12. The number of carboxylic acid groups (broad SMARTS) is 1. The quantitative estimate of drug-likeness (QED) is 0.321. The van der Waals surface area contributed by atoms with Crippen LogP contribution in [0.4, 0.5) is 0 Å². The summed E-state index contributed by atoms with van der Waals surface area (Å²) in [7, 11) is 0. The molecule has 1 N–H and O–H groups in total. The molecule has 0 rings (SSSR count). The molecule has 0 heterocycles. The van der Waals surface area contributed by atoms with Crippen molar-refractivity contribution in [1.82, 2.24) is 0 Å². The minimum absolute atomic E-state index is 0.0883. The molecule has 0 radical (unpaired) electrons. The molecule has 128 valence electrons. The van der Waals surface area contributed by atoms with E-state index in [0.717, 1.165) is 50.7 Å². The van der Waals surface area contributed by atoms with Crippen LogP contribution in [0.5, 0.6) is 0 Å². The first-order valence-corrected chi connectivity index (χ1v) is 8.45. The van der Waals surface area contributed by atoms with E-state index in [4.69, 9.17) is 9.84 Å². The van der Waals surface area contributed by atoms with Crippen molar-refractivity contribution in [3.05, 3.63) is 12.2 Å². The van der Waals surface area contributed by atoms with Crippen LogP contribution in [0.2, 0.25) is 0 Å². The van der Waals surface area contributed by atoms with Crippen LogP contribution in [0.15, 0.2) is 12.2 Å². The second-order valence-corrected chi connectivity index (χ2v) is 6.54. The normalized spacial score (nSPS) is 13.3. The maximum absolute atomic E-state index is 11.8. The summed E-state index contributed by atoms with van der Waals surface area (Å²) in [5, 5.41) is 8.58. The van der Waals surface area contributed by atoms with Crippen LogP contribution in [0.3, 0.4) is 0 Å². The predicted molar refractivity (Wildman–Crippen MR) is 88.7 cm³/mol. The monoisotopic (exact) mass is 312 g/mol. The number of aliphatic carboxylic acids is 1. The number of unbranched alkanes of at least 4 members (excludes halogenated alkanes) is 4. The Morgan fingerprint density at radius 1 is 1.05 bits per heavy atom. The fraction of sp³-hybridized carbons (Fsp3) is 0.778. The fourth-order valence-electron chi connectivity index (χ4n) is 2.48. The van der Waals surface area contributed by atoms with Crippen LogP contribution >= 0.6 is 0 Å². The van der Waals surface area contributed by atoms with Gasteiger partial charge in [0.25, 0.3) is 0 Å². The number of hydrogen-bond acceptors (Lipinski definition) is 3. The highest BCUT2D eigenvalue weighted by molar-refractivity contribution is 5.90. The molecule has 0 saturated carbocycles. The lowest BCUT2D eigenvalue weighted by Gasteiger charge is -2.34. The average Bonchev–Trinajstić information content (AvgIpc) is 2.46. The maximum atomic E-state index is 11.8. The molecule has 4 heteroatoms. The van der Waals surface area contributed by atoms with Gasteiger partial charge in [0, 0.05) is 17.6 Å². The number of ether oxygens (including phenoxy) is 1. The Bertz CT molecular complexity index is 358. The Balaban J connectivity index is 4.69. The minimum atomic E-state index is -1.14. The molecule has 0 amide bonds. The third kappa shape index (κ3) is 9.59. The van der Waals surface area contributed by atoms with E-state index in [1.54, 1.807) is 0 Å². The van der Waals surface area contributed by atoms with Gasteiger partial charge >= 0.3 is 11.9 Å². The first-order valence-electron chi connectivity index (χ1n) is 8.45. The fourth-order valence-corrected chi connectivity index (χ4v) is 2.48. The first-order chi connectivity index (χ1) is 10.3. The summed E-state index contributed by atoms with van der Waals surface area (Å²) in [6, 6.07) is 0. The molecule has 0 saturated heterocycles. The zero-order valence-electron chi connectivity index (χ0n) is 14.6. The first kappa shape index (κ1) is 20.7. The van der Waals surface area contributed by atoms with Crippen LogP contribution in [0, 0.1) is 5.41 Å². The SMILES string of the molecule is CCCCCCC(OC(=O)/C=C\C(=O)O)C(C)(C)CCCC. The Hall–Kier alpha value is -1.32. The van der Waals surface area contributed by atoms with E-state index in [0.29, 0.717) is 0 Å². The van der Waals surface area contributed by atoms with E-state index in [9.17, 15) is 9.59 Å². The van der Waals surface area contributed by atoms with Gasteiger partial charge < -0.3 is 9.84 Å². The van der Waals surface area contributed by atoms with E-state index in [1.807, 2.05) is 0 Å². The largest absolute Gasteiger partial charge is 0.478 e. The topological polar surface area (TPSA) is 63.6 Å². The Morgan fingerprint density at radius 2 is 1.68 bits per heavy atom. The van der Waals surface area contributed by atoms with E-state index >= 15 is 0 Å². The van der Waals surface area contributed by atoms with E-state index in [1.165, 1.54) is 12.8 Å². The van der Waals surface area contributed by atoms with E-state index in [2.05, 4.69) is 27.7 Å². The summed E-state index contributed by atoms with van der Waals surface area (Å²) in [5.74, 6) is -1.70. The molecule has 1 unspecified atom stereocenters. The number of carbonyl (C=O) groups is 2. The maximum Gasteiger partial charge on any atom is 0.331 e. The Kier molecular flexibility index (Phi) is 10.6. The Morgan fingerprint density at radius 3 is 2.23 bits per heavy atom. The van der Waals surface area contributed by atoms with Gasteiger partial charge in [0.15, 0.2) is 0 Å². The molecule has 0 aromatic heterocycles. The second-order valence-electron chi connectivity index (χ2n) is 6.54. The molecule has 0 aliphatic heterocycles. The zero-order chi connectivity index (χ0) is 17.0. The molecule has 1 atom stereocenters. The smallest absolute Gasteiger partial charge is 0.331 e. The van der Waals surface area contributed by atoms with Crippen molar-refractivity contribution >= 4 is 11.9 Å². The van der Waals surface area contributed by atoms with Crippen LogP contribution < -0.4 is 0 Å².